The van der Waals surface area contributed by atoms with Crippen LogP contribution in [0.4, 0.5) is 0 Å². The molecule has 0 radical (unpaired) electrons. The Morgan fingerprint density at radius 3 is 2.67 bits per heavy atom. The molecule has 0 bridgehead atoms. The number of hydrogen-bond acceptors (Lipinski definition) is 5. The second-order valence-corrected chi connectivity index (χ2v) is 8.58. The summed E-state index contributed by atoms with van der Waals surface area (Å²) in [4.78, 5) is 40.7. The maximum Gasteiger partial charge on any atom is 0.337 e. The van der Waals surface area contributed by atoms with Crippen molar-refractivity contribution in [1.82, 2.24) is 9.13 Å². The number of ketones is 1. The van der Waals surface area contributed by atoms with E-state index in [0.717, 1.165) is 9.44 Å². The first kappa shape index (κ1) is 17.9. The second-order valence-electron chi connectivity index (χ2n) is 5.97. The van der Waals surface area contributed by atoms with E-state index in [1.54, 1.807) is 42.5 Å². The van der Waals surface area contributed by atoms with Crippen LogP contribution in [0.5, 0.6) is 0 Å². The highest BCUT2D eigenvalue weighted by atomic mass is 35.5. The molecule has 8 heteroatoms. The van der Waals surface area contributed by atoms with Crippen LogP contribution in [0.2, 0.25) is 5.02 Å². The maximum absolute atomic E-state index is 13.2. The summed E-state index contributed by atoms with van der Waals surface area (Å²) in [5.41, 5.74) is -0.594. The fourth-order valence-corrected chi connectivity index (χ4v) is 4.74. The summed E-state index contributed by atoms with van der Waals surface area (Å²) in [5, 5.41) is 2.64. The van der Waals surface area contributed by atoms with E-state index >= 15 is 0 Å². The SMILES string of the molecule is Cc1cc2c(=O)n(-c3cccc(Cl)c3)c(=O)n(CC(=O)c3cccs3)c2s1. The minimum absolute atomic E-state index is 0.128. The molecule has 0 amide bonds. The van der Waals surface area contributed by atoms with Crippen LogP contribution in [0.15, 0.2) is 57.4 Å². The van der Waals surface area contributed by atoms with Crippen molar-refractivity contribution in [3.8, 4) is 5.69 Å². The van der Waals surface area contributed by atoms with Crippen molar-refractivity contribution in [2.75, 3.05) is 0 Å². The summed E-state index contributed by atoms with van der Waals surface area (Å²) in [7, 11) is 0. The highest BCUT2D eigenvalue weighted by molar-refractivity contribution is 7.18. The topological polar surface area (TPSA) is 61.1 Å². The molecule has 0 aliphatic heterocycles. The Bertz CT molecular complexity index is 1280. The number of fused-ring (bicyclic) bond motifs is 1. The van der Waals surface area contributed by atoms with Crippen LogP contribution in [0.3, 0.4) is 0 Å². The monoisotopic (exact) mass is 416 g/mol. The van der Waals surface area contributed by atoms with Gasteiger partial charge < -0.3 is 0 Å². The van der Waals surface area contributed by atoms with Gasteiger partial charge in [0.25, 0.3) is 5.56 Å². The molecule has 0 saturated heterocycles. The van der Waals surface area contributed by atoms with E-state index in [9.17, 15) is 14.4 Å². The molecule has 27 heavy (non-hydrogen) atoms. The molecular weight excluding hydrogens is 404 g/mol. The molecular formula is C19H13ClN2O3S2. The zero-order chi connectivity index (χ0) is 19.1. The lowest BCUT2D eigenvalue weighted by Crippen LogP contribution is -2.39. The molecule has 0 aliphatic carbocycles. The molecule has 0 atom stereocenters. The molecule has 0 aliphatic rings. The van der Waals surface area contributed by atoms with Gasteiger partial charge in [0.1, 0.15) is 4.83 Å². The number of nitrogens with zero attached hydrogens (tertiary/aromatic N) is 2. The Balaban J connectivity index is 1.99. The molecule has 0 fully saturated rings. The van der Waals surface area contributed by atoms with Gasteiger partial charge in [0, 0.05) is 9.90 Å². The first-order valence-electron chi connectivity index (χ1n) is 8.04. The van der Waals surface area contributed by atoms with E-state index in [-0.39, 0.29) is 12.3 Å². The maximum atomic E-state index is 13.2. The van der Waals surface area contributed by atoms with Gasteiger partial charge >= 0.3 is 5.69 Å². The summed E-state index contributed by atoms with van der Waals surface area (Å²) in [5.74, 6) is -0.171. The first-order valence-corrected chi connectivity index (χ1v) is 10.1. The molecule has 136 valence electrons. The molecule has 0 saturated carbocycles. The molecule has 0 spiro atoms. The lowest BCUT2D eigenvalue weighted by molar-refractivity contribution is 0.0975. The van der Waals surface area contributed by atoms with Gasteiger partial charge in [0.15, 0.2) is 5.78 Å². The predicted octanol–water partition coefficient (Wildman–Crippen LogP) is 4.12. The number of thiophene rings is 2. The van der Waals surface area contributed by atoms with E-state index in [4.69, 9.17) is 11.6 Å². The van der Waals surface area contributed by atoms with Crippen LogP contribution in [0, 0.1) is 6.92 Å². The van der Waals surface area contributed by atoms with Gasteiger partial charge in [-0.1, -0.05) is 23.7 Å². The average Bonchev–Trinajstić information content (AvgIpc) is 3.28. The van der Waals surface area contributed by atoms with E-state index in [1.165, 1.54) is 27.2 Å². The third-order valence-corrected chi connectivity index (χ3v) is 6.32. The smallest absolute Gasteiger partial charge is 0.291 e. The molecule has 3 heterocycles. The van der Waals surface area contributed by atoms with Crippen molar-refractivity contribution in [2.45, 2.75) is 13.5 Å². The van der Waals surface area contributed by atoms with Gasteiger partial charge in [-0.05, 0) is 42.6 Å². The average molecular weight is 417 g/mol. The molecule has 0 unspecified atom stereocenters. The summed E-state index contributed by atoms with van der Waals surface area (Å²) < 4.78 is 2.44. The lowest BCUT2D eigenvalue weighted by Gasteiger charge is -2.11. The van der Waals surface area contributed by atoms with Gasteiger partial charge in [0.2, 0.25) is 0 Å². The fourth-order valence-electron chi connectivity index (χ4n) is 2.91. The number of Topliss-reactive ketones (excluding diaryl/α,β-unsaturated/α-hetero) is 1. The highest BCUT2D eigenvalue weighted by Gasteiger charge is 2.19. The summed E-state index contributed by atoms with van der Waals surface area (Å²) in [6.45, 7) is 1.74. The number of hydrogen-bond donors (Lipinski definition) is 0. The lowest BCUT2D eigenvalue weighted by atomic mass is 10.3. The highest BCUT2D eigenvalue weighted by Crippen LogP contribution is 2.23. The molecule has 3 aromatic heterocycles. The predicted molar refractivity (Wildman–Crippen MR) is 110 cm³/mol. The first-order chi connectivity index (χ1) is 13.0. The van der Waals surface area contributed by atoms with Crippen LogP contribution in [-0.2, 0) is 6.54 Å². The summed E-state index contributed by atoms with van der Waals surface area (Å²) in [6, 6.07) is 11.8. The minimum Gasteiger partial charge on any atom is -0.291 e. The molecule has 1 aromatic carbocycles. The number of carbonyl (C=O) groups excluding carboxylic acids is 1. The van der Waals surface area contributed by atoms with Crippen LogP contribution in [0.1, 0.15) is 14.5 Å². The molecule has 4 rings (SSSR count). The number of halogens is 1. The third kappa shape index (κ3) is 3.18. The van der Waals surface area contributed by atoms with Crippen LogP contribution >= 0.6 is 34.3 Å². The summed E-state index contributed by atoms with van der Waals surface area (Å²) >= 11 is 8.69. The quantitative estimate of drug-likeness (QED) is 0.470. The van der Waals surface area contributed by atoms with E-state index in [0.29, 0.717) is 25.8 Å². The zero-order valence-electron chi connectivity index (χ0n) is 14.1. The molecule has 0 N–H and O–H groups in total. The van der Waals surface area contributed by atoms with E-state index < -0.39 is 11.2 Å². The van der Waals surface area contributed by atoms with Crippen molar-refractivity contribution in [2.24, 2.45) is 0 Å². The van der Waals surface area contributed by atoms with Crippen LogP contribution < -0.4 is 11.2 Å². The normalized spacial score (nSPS) is 11.2. The largest absolute Gasteiger partial charge is 0.337 e. The standard InChI is InChI=1S/C19H13ClN2O3S2/c1-11-8-14-17(24)22(13-5-2-4-12(20)9-13)19(25)21(18(14)27-11)10-15(23)16-6-3-7-26-16/h2-9H,10H2,1H3. The Kier molecular flexibility index (Phi) is 4.59. The van der Waals surface area contributed by atoms with Gasteiger partial charge in [-0.25, -0.2) is 9.36 Å². The van der Waals surface area contributed by atoms with Gasteiger partial charge in [-0.2, -0.15) is 0 Å². The number of aromatic nitrogens is 2. The molecule has 4 aromatic rings. The Morgan fingerprint density at radius 2 is 1.96 bits per heavy atom. The van der Waals surface area contributed by atoms with Crippen molar-refractivity contribution >= 4 is 50.3 Å². The number of carbonyl (C=O) groups is 1. The van der Waals surface area contributed by atoms with E-state index in [2.05, 4.69) is 0 Å². The van der Waals surface area contributed by atoms with Gasteiger partial charge in [0.05, 0.1) is 22.5 Å². The fraction of sp³-hybridized carbons (Fsp3) is 0.105. The van der Waals surface area contributed by atoms with Gasteiger partial charge in [-0.15, -0.1) is 22.7 Å². The number of benzene rings is 1. The Labute approximate surface area is 166 Å². The van der Waals surface area contributed by atoms with Gasteiger partial charge in [-0.3, -0.25) is 14.2 Å². The number of rotatable bonds is 4. The summed E-state index contributed by atoms with van der Waals surface area (Å²) in [6.07, 6.45) is 0. The van der Waals surface area contributed by atoms with Crippen molar-refractivity contribution < 1.29 is 4.79 Å². The van der Waals surface area contributed by atoms with E-state index in [1.807, 2.05) is 12.3 Å². The van der Waals surface area contributed by atoms with Crippen LogP contribution in [0.25, 0.3) is 15.9 Å². The number of aryl methyl sites for hydroxylation is 1. The zero-order valence-corrected chi connectivity index (χ0v) is 16.5. The minimum atomic E-state index is -0.554. The Hall–Kier alpha value is -2.48. The third-order valence-electron chi connectivity index (χ3n) is 4.10. The van der Waals surface area contributed by atoms with Crippen LogP contribution in [-0.4, -0.2) is 14.9 Å². The molecule has 5 nitrogen and oxygen atoms in total. The van der Waals surface area contributed by atoms with Crippen molar-refractivity contribution in [3.63, 3.8) is 0 Å². The van der Waals surface area contributed by atoms with Crippen molar-refractivity contribution in [1.29, 1.82) is 0 Å². The second kappa shape index (κ2) is 6.92. The van der Waals surface area contributed by atoms with Crippen molar-refractivity contribution in [3.05, 3.63) is 83.5 Å². The Morgan fingerprint density at radius 1 is 1.15 bits per heavy atom.